The lowest BCUT2D eigenvalue weighted by Gasteiger charge is -2.30. The van der Waals surface area contributed by atoms with Gasteiger partial charge in [-0.25, -0.2) is 0 Å². The van der Waals surface area contributed by atoms with E-state index in [2.05, 4.69) is 33.0 Å². The molecule has 0 unspecified atom stereocenters. The van der Waals surface area contributed by atoms with E-state index < -0.39 is 0 Å². The monoisotopic (exact) mass is 220 g/mol. The quantitative estimate of drug-likeness (QED) is 0.760. The van der Waals surface area contributed by atoms with Gasteiger partial charge in [-0.2, -0.15) is 0 Å². The summed E-state index contributed by atoms with van der Waals surface area (Å²) in [5, 5.41) is 3.45. The van der Waals surface area contributed by atoms with Crippen LogP contribution in [0.5, 0.6) is 0 Å². The molecular weight excluding hydrogens is 196 g/mol. The highest BCUT2D eigenvalue weighted by molar-refractivity contribution is 5.69. The first kappa shape index (κ1) is 12.9. The van der Waals surface area contributed by atoms with Gasteiger partial charge in [0.05, 0.1) is 11.4 Å². The minimum absolute atomic E-state index is 0.274. The lowest BCUT2D eigenvalue weighted by molar-refractivity contribution is 0.270. The standard InChI is InChI=1S/C14H24N2/c1-10(2)14(4,5)9-16-12-8-6-7-11(3)13(12)15/h6-8,10,16H,9,15H2,1-5H3. The van der Waals surface area contributed by atoms with Gasteiger partial charge in [0, 0.05) is 6.54 Å². The van der Waals surface area contributed by atoms with Crippen molar-refractivity contribution in [3.63, 3.8) is 0 Å². The highest BCUT2D eigenvalue weighted by atomic mass is 14.9. The van der Waals surface area contributed by atoms with E-state index in [9.17, 15) is 0 Å². The maximum absolute atomic E-state index is 6.03. The van der Waals surface area contributed by atoms with Crippen LogP contribution in [0, 0.1) is 18.3 Å². The van der Waals surface area contributed by atoms with E-state index in [1.165, 1.54) is 0 Å². The Balaban J connectivity index is 2.72. The Bertz CT molecular complexity index is 354. The minimum Gasteiger partial charge on any atom is -0.397 e. The van der Waals surface area contributed by atoms with Crippen LogP contribution >= 0.6 is 0 Å². The summed E-state index contributed by atoms with van der Waals surface area (Å²) in [4.78, 5) is 0. The number of nitrogens with one attached hydrogen (secondary N) is 1. The van der Waals surface area contributed by atoms with Gasteiger partial charge in [0.1, 0.15) is 0 Å². The third-order valence-electron chi connectivity index (χ3n) is 3.62. The van der Waals surface area contributed by atoms with Gasteiger partial charge in [0.25, 0.3) is 0 Å². The van der Waals surface area contributed by atoms with Gasteiger partial charge in [0.2, 0.25) is 0 Å². The molecule has 3 N–H and O–H groups in total. The number of rotatable bonds is 4. The molecule has 0 aliphatic rings. The molecule has 0 aliphatic carbocycles. The lowest BCUT2D eigenvalue weighted by Crippen LogP contribution is -2.28. The normalized spacial score (nSPS) is 11.9. The highest BCUT2D eigenvalue weighted by Crippen LogP contribution is 2.28. The molecule has 1 rings (SSSR count). The number of para-hydroxylation sites is 1. The van der Waals surface area contributed by atoms with Crippen molar-refractivity contribution in [2.75, 3.05) is 17.6 Å². The zero-order chi connectivity index (χ0) is 12.3. The Kier molecular flexibility index (Phi) is 3.84. The maximum Gasteiger partial charge on any atom is 0.0579 e. The Labute approximate surface area is 99.2 Å². The zero-order valence-electron chi connectivity index (χ0n) is 11.1. The second-order valence-corrected chi connectivity index (χ2v) is 5.53. The van der Waals surface area contributed by atoms with Gasteiger partial charge < -0.3 is 11.1 Å². The van der Waals surface area contributed by atoms with Crippen molar-refractivity contribution in [3.05, 3.63) is 23.8 Å². The van der Waals surface area contributed by atoms with Crippen molar-refractivity contribution in [3.8, 4) is 0 Å². The highest BCUT2D eigenvalue weighted by Gasteiger charge is 2.22. The summed E-state index contributed by atoms with van der Waals surface area (Å²) in [5.41, 5.74) is 9.34. The molecule has 0 atom stereocenters. The second kappa shape index (κ2) is 4.77. The molecule has 0 fully saturated rings. The van der Waals surface area contributed by atoms with E-state index in [4.69, 9.17) is 5.73 Å². The van der Waals surface area contributed by atoms with Crippen LogP contribution in [0.3, 0.4) is 0 Å². The molecule has 0 saturated carbocycles. The van der Waals surface area contributed by atoms with Crippen LogP contribution in [0.15, 0.2) is 18.2 Å². The first-order valence-electron chi connectivity index (χ1n) is 5.93. The molecule has 0 amide bonds. The van der Waals surface area contributed by atoms with E-state index in [-0.39, 0.29) is 5.41 Å². The van der Waals surface area contributed by atoms with Crippen molar-refractivity contribution in [2.24, 2.45) is 11.3 Å². The molecule has 90 valence electrons. The largest absolute Gasteiger partial charge is 0.397 e. The van der Waals surface area contributed by atoms with Crippen molar-refractivity contribution < 1.29 is 0 Å². The van der Waals surface area contributed by atoms with Crippen molar-refractivity contribution >= 4 is 11.4 Å². The topological polar surface area (TPSA) is 38.0 Å². The predicted molar refractivity (Wildman–Crippen MR) is 72.7 cm³/mol. The maximum atomic E-state index is 6.03. The molecule has 0 aliphatic heterocycles. The molecule has 0 aromatic heterocycles. The fraction of sp³-hybridized carbons (Fsp3) is 0.571. The van der Waals surface area contributed by atoms with Crippen LogP contribution in [0.25, 0.3) is 0 Å². The van der Waals surface area contributed by atoms with Crippen LogP contribution in [-0.2, 0) is 0 Å². The molecule has 2 nitrogen and oxygen atoms in total. The Morgan fingerprint density at radius 3 is 2.50 bits per heavy atom. The number of aryl methyl sites for hydroxylation is 1. The lowest BCUT2D eigenvalue weighted by atomic mass is 9.81. The average molecular weight is 220 g/mol. The molecule has 0 heterocycles. The van der Waals surface area contributed by atoms with Crippen molar-refractivity contribution in [2.45, 2.75) is 34.6 Å². The molecule has 1 aromatic carbocycles. The zero-order valence-corrected chi connectivity index (χ0v) is 11.1. The third kappa shape index (κ3) is 2.91. The van der Waals surface area contributed by atoms with Gasteiger partial charge in [-0.3, -0.25) is 0 Å². The summed E-state index contributed by atoms with van der Waals surface area (Å²) >= 11 is 0. The SMILES string of the molecule is Cc1cccc(NCC(C)(C)C(C)C)c1N. The van der Waals surface area contributed by atoms with Crippen LogP contribution < -0.4 is 11.1 Å². The van der Waals surface area contributed by atoms with Gasteiger partial charge in [-0.05, 0) is 29.9 Å². The van der Waals surface area contributed by atoms with Gasteiger partial charge in [-0.15, -0.1) is 0 Å². The van der Waals surface area contributed by atoms with Crippen LogP contribution in [0.4, 0.5) is 11.4 Å². The average Bonchev–Trinajstić information content (AvgIpc) is 2.20. The summed E-state index contributed by atoms with van der Waals surface area (Å²) in [6.07, 6.45) is 0. The van der Waals surface area contributed by atoms with Gasteiger partial charge in [0.15, 0.2) is 0 Å². The fourth-order valence-corrected chi connectivity index (χ4v) is 1.36. The minimum atomic E-state index is 0.274. The van der Waals surface area contributed by atoms with Crippen LogP contribution in [-0.4, -0.2) is 6.54 Å². The first-order chi connectivity index (χ1) is 7.34. The van der Waals surface area contributed by atoms with E-state index in [0.717, 1.165) is 23.5 Å². The summed E-state index contributed by atoms with van der Waals surface area (Å²) in [6.45, 7) is 12.0. The number of benzene rings is 1. The van der Waals surface area contributed by atoms with E-state index in [1.54, 1.807) is 0 Å². The van der Waals surface area contributed by atoms with Gasteiger partial charge >= 0.3 is 0 Å². The number of hydrogen-bond acceptors (Lipinski definition) is 2. The van der Waals surface area contributed by atoms with E-state index in [0.29, 0.717) is 5.92 Å². The van der Waals surface area contributed by atoms with Crippen molar-refractivity contribution in [1.29, 1.82) is 0 Å². The molecule has 0 radical (unpaired) electrons. The second-order valence-electron chi connectivity index (χ2n) is 5.53. The summed E-state index contributed by atoms with van der Waals surface area (Å²) in [7, 11) is 0. The van der Waals surface area contributed by atoms with Crippen molar-refractivity contribution in [1.82, 2.24) is 0 Å². The predicted octanol–water partition coefficient (Wildman–Crippen LogP) is 3.67. The Hall–Kier alpha value is -1.18. The Morgan fingerprint density at radius 2 is 1.94 bits per heavy atom. The summed E-state index contributed by atoms with van der Waals surface area (Å²) < 4.78 is 0. The molecule has 16 heavy (non-hydrogen) atoms. The smallest absolute Gasteiger partial charge is 0.0579 e. The number of nitrogens with two attached hydrogens (primary N) is 1. The first-order valence-corrected chi connectivity index (χ1v) is 5.93. The van der Waals surface area contributed by atoms with Crippen LogP contribution in [0.2, 0.25) is 0 Å². The number of nitrogen functional groups attached to an aromatic ring is 1. The summed E-state index contributed by atoms with van der Waals surface area (Å²) in [6, 6.07) is 6.11. The van der Waals surface area contributed by atoms with E-state index in [1.807, 2.05) is 25.1 Å². The third-order valence-corrected chi connectivity index (χ3v) is 3.62. The summed E-state index contributed by atoms with van der Waals surface area (Å²) in [5.74, 6) is 0.644. The Morgan fingerprint density at radius 1 is 1.31 bits per heavy atom. The molecule has 0 spiro atoms. The van der Waals surface area contributed by atoms with Crippen LogP contribution in [0.1, 0.15) is 33.3 Å². The number of hydrogen-bond donors (Lipinski definition) is 2. The molecular formula is C14H24N2. The van der Waals surface area contributed by atoms with Gasteiger partial charge in [-0.1, -0.05) is 39.8 Å². The molecule has 2 heteroatoms. The molecule has 0 bridgehead atoms. The molecule has 0 saturated heterocycles. The van der Waals surface area contributed by atoms with E-state index >= 15 is 0 Å². The fourth-order valence-electron chi connectivity index (χ4n) is 1.36. The molecule has 1 aromatic rings. The number of anilines is 2.